The topological polar surface area (TPSA) is 66.0 Å². The molecule has 0 saturated carbocycles. The van der Waals surface area contributed by atoms with E-state index in [4.69, 9.17) is 5.84 Å². The highest BCUT2D eigenvalue weighted by atomic mass is 15.5. The lowest BCUT2D eigenvalue weighted by Gasteiger charge is -2.38. The lowest BCUT2D eigenvalue weighted by molar-refractivity contribution is 0.232. The van der Waals surface area contributed by atoms with Gasteiger partial charge in [0.2, 0.25) is 5.66 Å². The number of allylic oxidation sites excluding steroid dienone is 3. The number of hydrogen-bond donors (Lipinski definition) is 2. The highest BCUT2D eigenvalue weighted by Crippen LogP contribution is 2.37. The summed E-state index contributed by atoms with van der Waals surface area (Å²) >= 11 is 0. The molecule has 70 valence electrons. The first kappa shape index (κ1) is 7.52. The first-order valence-corrected chi connectivity index (χ1v) is 4.32. The molecule has 3 rings (SSSR count). The molecule has 1 atom stereocenters. The molecule has 3 aliphatic rings. The van der Waals surface area contributed by atoms with Crippen LogP contribution in [0.5, 0.6) is 0 Å². The quantitative estimate of drug-likeness (QED) is 0.519. The van der Waals surface area contributed by atoms with E-state index in [2.05, 4.69) is 15.3 Å². The largest absolute Gasteiger partial charge is 0.346 e. The predicted molar refractivity (Wildman–Crippen MR) is 54.2 cm³/mol. The Hall–Kier alpha value is -1.88. The summed E-state index contributed by atoms with van der Waals surface area (Å²) in [6, 6.07) is 0. The highest BCUT2D eigenvalue weighted by molar-refractivity contribution is 5.81. The second-order valence-electron chi connectivity index (χ2n) is 3.23. The third-order valence-corrected chi connectivity index (χ3v) is 2.53. The fourth-order valence-electron chi connectivity index (χ4n) is 1.85. The zero-order chi connectivity index (χ0) is 9.60. The van der Waals surface area contributed by atoms with Gasteiger partial charge in [-0.3, -0.25) is 10.0 Å². The van der Waals surface area contributed by atoms with Crippen molar-refractivity contribution in [2.45, 2.75) is 5.66 Å². The van der Waals surface area contributed by atoms with Crippen molar-refractivity contribution in [1.82, 2.24) is 10.3 Å². The van der Waals surface area contributed by atoms with Crippen molar-refractivity contribution in [3.05, 3.63) is 35.8 Å². The monoisotopic (exact) mass is 187 g/mol. The number of dihydropyridines is 1. The molecule has 0 aromatic rings. The fourth-order valence-corrected chi connectivity index (χ4v) is 1.85. The van der Waals surface area contributed by atoms with Gasteiger partial charge in [0.05, 0.1) is 17.7 Å². The van der Waals surface area contributed by atoms with Crippen LogP contribution in [0.2, 0.25) is 0 Å². The first-order valence-electron chi connectivity index (χ1n) is 4.32. The van der Waals surface area contributed by atoms with Crippen LogP contribution in [-0.4, -0.2) is 23.2 Å². The van der Waals surface area contributed by atoms with E-state index < -0.39 is 5.66 Å². The molecule has 5 nitrogen and oxygen atoms in total. The zero-order valence-corrected chi connectivity index (χ0v) is 7.38. The average Bonchev–Trinajstić information content (AvgIpc) is 2.62. The van der Waals surface area contributed by atoms with Gasteiger partial charge in [0.15, 0.2) is 0 Å². The highest BCUT2D eigenvalue weighted by Gasteiger charge is 2.46. The van der Waals surface area contributed by atoms with E-state index >= 15 is 0 Å². The lowest BCUT2D eigenvalue weighted by Crippen LogP contribution is -2.52. The summed E-state index contributed by atoms with van der Waals surface area (Å²) in [5.74, 6) is 5.90. The van der Waals surface area contributed by atoms with Crippen molar-refractivity contribution in [2.24, 2.45) is 15.8 Å². The summed E-state index contributed by atoms with van der Waals surface area (Å²) in [5.41, 5.74) is 1.12. The molecule has 3 aliphatic heterocycles. The van der Waals surface area contributed by atoms with Crippen molar-refractivity contribution in [1.29, 1.82) is 0 Å². The molecule has 3 N–H and O–H groups in total. The smallest absolute Gasteiger partial charge is 0.230 e. The molecule has 0 fully saturated rings. The van der Waals surface area contributed by atoms with Gasteiger partial charge in [-0.1, -0.05) is 0 Å². The number of hydrogen-bond acceptors (Lipinski definition) is 5. The molecule has 0 amide bonds. The molecule has 5 heteroatoms. The Balaban J connectivity index is 2.24. The van der Waals surface area contributed by atoms with Crippen LogP contribution in [0.3, 0.4) is 0 Å². The number of nitrogens with two attached hydrogens (primary N) is 1. The molecule has 0 bridgehead atoms. The number of hydrazine groups is 1. The van der Waals surface area contributed by atoms with Gasteiger partial charge in [-0.2, -0.15) is 0 Å². The molecule has 0 aliphatic carbocycles. The summed E-state index contributed by atoms with van der Waals surface area (Å²) in [6.07, 6.45) is 10.8. The average molecular weight is 187 g/mol. The van der Waals surface area contributed by atoms with Gasteiger partial charge in [0.1, 0.15) is 0 Å². The predicted octanol–water partition coefficient (Wildman–Crippen LogP) is -0.131. The molecule has 1 unspecified atom stereocenters. The minimum absolute atomic E-state index is 0.649. The van der Waals surface area contributed by atoms with Crippen LogP contribution in [0.25, 0.3) is 0 Å². The third kappa shape index (κ3) is 0.682. The minimum Gasteiger partial charge on any atom is -0.346 e. The molecule has 3 heterocycles. The molecule has 0 aromatic heterocycles. The van der Waals surface area contributed by atoms with Crippen molar-refractivity contribution < 1.29 is 0 Å². The van der Waals surface area contributed by atoms with E-state index in [0.29, 0.717) is 0 Å². The van der Waals surface area contributed by atoms with E-state index in [1.54, 1.807) is 23.8 Å². The Bertz CT molecular complexity index is 428. The SMILES string of the molecule is NN1C=CC=C2N=CC=C3NC=NC231. The van der Waals surface area contributed by atoms with Crippen LogP contribution in [-0.2, 0) is 0 Å². The Morgan fingerprint density at radius 1 is 1.43 bits per heavy atom. The maximum atomic E-state index is 5.90. The minimum atomic E-state index is -0.649. The standard InChI is InChI=1S/C9H9N5/c10-14-5-1-2-7-9(14)8(3-4-11-7)12-6-13-9/h1-6H,10H2,(H,12,13). The fraction of sp³-hybridized carbons (Fsp3) is 0.111. The van der Waals surface area contributed by atoms with Crippen LogP contribution in [0.1, 0.15) is 0 Å². The Labute approximate surface area is 81.0 Å². The van der Waals surface area contributed by atoms with Crippen molar-refractivity contribution >= 4 is 12.6 Å². The molecule has 1 spiro atoms. The molecule has 0 saturated heterocycles. The first-order chi connectivity index (χ1) is 6.84. The number of aliphatic imine (C=N–C) groups is 2. The van der Waals surface area contributed by atoms with E-state index in [9.17, 15) is 0 Å². The number of nitrogens with one attached hydrogen (secondary N) is 1. The van der Waals surface area contributed by atoms with E-state index in [0.717, 1.165) is 11.4 Å². The van der Waals surface area contributed by atoms with Crippen LogP contribution in [0.15, 0.2) is 45.8 Å². The summed E-state index contributed by atoms with van der Waals surface area (Å²) in [7, 11) is 0. The molecular formula is C9H9N5. The second-order valence-corrected chi connectivity index (χ2v) is 3.23. The Kier molecular flexibility index (Phi) is 1.25. The third-order valence-electron chi connectivity index (χ3n) is 2.53. The van der Waals surface area contributed by atoms with Crippen LogP contribution >= 0.6 is 0 Å². The summed E-state index contributed by atoms with van der Waals surface area (Å²) in [5, 5.41) is 4.62. The van der Waals surface area contributed by atoms with Crippen LogP contribution in [0, 0.1) is 0 Å². The molecule has 0 aromatic carbocycles. The lowest BCUT2D eigenvalue weighted by atomic mass is 9.98. The Morgan fingerprint density at radius 3 is 3.29 bits per heavy atom. The van der Waals surface area contributed by atoms with Gasteiger partial charge in [0, 0.05) is 12.4 Å². The number of nitrogens with zero attached hydrogens (tertiary/aromatic N) is 3. The maximum absolute atomic E-state index is 5.90. The number of rotatable bonds is 0. The molecule has 0 radical (unpaired) electrons. The summed E-state index contributed by atoms with van der Waals surface area (Å²) in [4.78, 5) is 8.62. The van der Waals surface area contributed by atoms with Gasteiger partial charge in [-0.05, 0) is 18.2 Å². The van der Waals surface area contributed by atoms with E-state index in [-0.39, 0.29) is 0 Å². The van der Waals surface area contributed by atoms with Gasteiger partial charge in [-0.25, -0.2) is 10.8 Å². The van der Waals surface area contributed by atoms with Crippen molar-refractivity contribution in [3.8, 4) is 0 Å². The van der Waals surface area contributed by atoms with Gasteiger partial charge < -0.3 is 5.32 Å². The van der Waals surface area contributed by atoms with Crippen LogP contribution < -0.4 is 11.2 Å². The van der Waals surface area contributed by atoms with Gasteiger partial charge in [0.25, 0.3) is 0 Å². The van der Waals surface area contributed by atoms with Crippen LogP contribution in [0.4, 0.5) is 0 Å². The summed E-state index contributed by atoms with van der Waals surface area (Å²) < 4.78 is 0. The zero-order valence-electron chi connectivity index (χ0n) is 7.38. The van der Waals surface area contributed by atoms with Gasteiger partial charge >= 0.3 is 0 Å². The van der Waals surface area contributed by atoms with Crippen molar-refractivity contribution in [3.63, 3.8) is 0 Å². The second kappa shape index (κ2) is 2.33. The molecule has 14 heavy (non-hydrogen) atoms. The summed E-state index contributed by atoms with van der Waals surface area (Å²) in [6.45, 7) is 0. The van der Waals surface area contributed by atoms with Crippen molar-refractivity contribution in [2.75, 3.05) is 0 Å². The normalized spacial score (nSPS) is 31.9. The van der Waals surface area contributed by atoms with E-state index in [1.165, 1.54) is 0 Å². The Morgan fingerprint density at radius 2 is 2.36 bits per heavy atom. The van der Waals surface area contributed by atoms with Gasteiger partial charge in [-0.15, -0.1) is 0 Å². The molecular weight excluding hydrogens is 178 g/mol. The maximum Gasteiger partial charge on any atom is 0.230 e. The van der Waals surface area contributed by atoms with E-state index in [1.807, 2.05) is 18.2 Å².